The SMILES string of the molecule is CC(=O)c1c(C)cc2c(O)ccc(O[C@@H]3O[C@H](CO[C@@H]4O[C@@H](C)[C@H](O)[C@@H](O)[C@H]4O)[C@@H](O)[C@H](O)[C@H]3O)c2c1O. The number of aliphatic hydroxyl groups excluding tert-OH is 6. The number of benzene rings is 2. The van der Waals surface area contributed by atoms with E-state index in [2.05, 4.69) is 0 Å². The number of rotatable bonds is 6. The zero-order valence-corrected chi connectivity index (χ0v) is 20.8. The average molecular weight is 541 g/mol. The zero-order chi connectivity index (χ0) is 28.0. The molecular formula is C25H32O13. The molecule has 0 amide bonds. The second-order valence-corrected chi connectivity index (χ2v) is 9.63. The number of ketones is 1. The monoisotopic (exact) mass is 540 g/mol. The molecule has 38 heavy (non-hydrogen) atoms. The number of aliphatic hydroxyl groups is 6. The lowest BCUT2D eigenvalue weighted by Gasteiger charge is -2.42. The van der Waals surface area contributed by atoms with Crippen LogP contribution in [-0.4, -0.2) is 115 Å². The maximum absolute atomic E-state index is 12.1. The molecule has 2 aliphatic heterocycles. The van der Waals surface area contributed by atoms with Crippen molar-refractivity contribution in [3.63, 3.8) is 0 Å². The highest BCUT2D eigenvalue weighted by Gasteiger charge is 2.47. The summed E-state index contributed by atoms with van der Waals surface area (Å²) in [5.41, 5.74) is 0.422. The third-order valence-corrected chi connectivity index (χ3v) is 6.91. The van der Waals surface area contributed by atoms with Gasteiger partial charge in [-0.05, 0) is 44.5 Å². The van der Waals surface area contributed by atoms with Crippen molar-refractivity contribution in [3.05, 3.63) is 29.3 Å². The predicted octanol–water partition coefficient (Wildman–Crippen LogP) is -1.21. The number of ether oxygens (including phenoxy) is 4. The van der Waals surface area contributed by atoms with E-state index >= 15 is 0 Å². The Morgan fingerprint density at radius 2 is 1.53 bits per heavy atom. The standard InChI is InChI=1S/C25H32O13/c1-8-6-11-12(27)4-5-13(16(11)19(30)15(8)9(2)26)37-25-23(34)21(32)18(29)14(38-25)7-35-24-22(33)20(31)17(28)10(3)36-24/h4-6,10,14,17-18,20-25,27-34H,7H2,1-3H3/t10-,14+,17-,18+,20+,21-,22+,23+,24+,25+/m0/s1. The van der Waals surface area contributed by atoms with Gasteiger partial charge in [-0.1, -0.05) is 0 Å². The topological polar surface area (TPSA) is 216 Å². The minimum absolute atomic E-state index is 0.00682. The van der Waals surface area contributed by atoms with E-state index in [1.165, 1.54) is 32.0 Å². The largest absolute Gasteiger partial charge is 0.507 e. The van der Waals surface area contributed by atoms with Crippen molar-refractivity contribution < 1.29 is 64.6 Å². The molecule has 2 aromatic carbocycles. The highest BCUT2D eigenvalue weighted by molar-refractivity contribution is 6.08. The maximum atomic E-state index is 12.1. The van der Waals surface area contributed by atoms with Crippen LogP contribution < -0.4 is 4.74 Å². The Bertz CT molecular complexity index is 1190. The van der Waals surface area contributed by atoms with Crippen molar-refractivity contribution in [2.75, 3.05) is 6.61 Å². The van der Waals surface area contributed by atoms with E-state index in [1.54, 1.807) is 6.92 Å². The molecule has 0 aliphatic carbocycles. The summed E-state index contributed by atoms with van der Waals surface area (Å²) in [6.07, 6.45) is -14.9. The van der Waals surface area contributed by atoms with E-state index in [0.29, 0.717) is 5.56 Å². The smallest absolute Gasteiger partial charge is 0.229 e. The van der Waals surface area contributed by atoms with Crippen molar-refractivity contribution in [2.24, 2.45) is 0 Å². The molecule has 0 spiro atoms. The lowest BCUT2D eigenvalue weighted by atomic mass is 9.96. The molecule has 0 aromatic heterocycles. The molecule has 0 saturated carbocycles. The number of aromatic hydroxyl groups is 2. The van der Waals surface area contributed by atoms with Crippen molar-refractivity contribution in [1.82, 2.24) is 0 Å². The van der Waals surface area contributed by atoms with Gasteiger partial charge in [0.25, 0.3) is 0 Å². The Labute approximate surface area is 217 Å². The van der Waals surface area contributed by atoms with Gasteiger partial charge in [-0.15, -0.1) is 0 Å². The summed E-state index contributed by atoms with van der Waals surface area (Å²) in [5, 5.41) is 82.7. The number of hydrogen-bond donors (Lipinski definition) is 8. The van der Waals surface area contributed by atoms with Gasteiger partial charge in [-0.2, -0.15) is 0 Å². The first kappa shape index (κ1) is 28.4. The maximum Gasteiger partial charge on any atom is 0.229 e. The molecule has 13 nitrogen and oxygen atoms in total. The normalized spacial score (nSPS) is 35.8. The van der Waals surface area contributed by atoms with Crippen LogP contribution in [0.3, 0.4) is 0 Å². The van der Waals surface area contributed by atoms with E-state index in [1.807, 2.05) is 0 Å². The van der Waals surface area contributed by atoms with Gasteiger partial charge in [0.2, 0.25) is 6.29 Å². The molecule has 2 fully saturated rings. The van der Waals surface area contributed by atoms with E-state index in [4.69, 9.17) is 18.9 Å². The number of hydrogen-bond acceptors (Lipinski definition) is 13. The first-order valence-corrected chi connectivity index (χ1v) is 12.0. The van der Waals surface area contributed by atoms with Crippen LogP contribution in [0.2, 0.25) is 0 Å². The molecule has 0 bridgehead atoms. The van der Waals surface area contributed by atoms with Gasteiger partial charge in [-0.25, -0.2) is 0 Å². The van der Waals surface area contributed by atoms with E-state index < -0.39 is 79.6 Å². The highest BCUT2D eigenvalue weighted by Crippen LogP contribution is 2.43. The van der Waals surface area contributed by atoms with Gasteiger partial charge in [0, 0.05) is 5.39 Å². The minimum Gasteiger partial charge on any atom is -0.507 e. The summed E-state index contributed by atoms with van der Waals surface area (Å²) >= 11 is 0. The second kappa shape index (κ2) is 10.9. The van der Waals surface area contributed by atoms with Gasteiger partial charge in [0.15, 0.2) is 12.1 Å². The van der Waals surface area contributed by atoms with Gasteiger partial charge < -0.3 is 59.8 Å². The molecule has 13 heteroatoms. The number of carbonyl (C=O) groups is 1. The molecule has 0 unspecified atom stereocenters. The Morgan fingerprint density at radius 3 is 2.18 bits per heavy atom. The molecule has 8 N–H and O–H groups in total. The number of Topliss-reactive ketones (excluding diaryl/α,β-unsaturated/α-hetero) is 1. The fourth-order valence-electron chi connectivity index (χ4n) is 4.74. The van der Waals surface area contributed by atoms with Crippen LogP contribution in [0.4, 0.5) is 0 Å². The van der Waals surface area contributed by atoms with E-state index in [0.717, 1.165) is 0 Å². The lowest BCUT2D eigenvalue weighted by Crippen LogP contribution is -2.61. The number of phenols is 2. The Balaban J connectivity index is 1.58. The summed E-state index contributed by atoms with van der Waals surface area (Å²) in [6.45, 7) is 3.83. The molecule has 2 saturated heterocycles. The van der Waals surface area contributed by atoms with Crippen LogP contribution in [0, 0.1) is 6.92 Å². The fourth-order valence-corrected chi connectivity index (χ4v) is 4.74. The number of carbonyl (C=O) groups excluding carboxylic acids is 1. The van der Waals surface area contributed by atoms with Crippen LogP contribution in [0.15, 0.2) is 18.2 Å². The van der Waals surface area contributed by atoms with E-state index in [-0.39, 0.29) is 27.8 Å². The quantitative estimate of drug-likeness (QED) is 0.202. The molecule has 2 aromatic rings. The van der Waals surface area contributed by atoms with Crippen LogP contribution in [0.25, 0.3) is 10.8 Å². The molecule has 10 atom stereocenters. The Morgan fingerprint density at radius 1 is 0.895 bits per heavy atom. The van der Waals surface area contributed by atoms with Gasteiger partial charge in [0.05, 0.1) is 23.7 Å². The fraction of sp³-hybridized carbons (Fsp3) is 0.560. The summed E-state index contributed by atoms with van der Waals surface area (Å²) in [5.74, 6) is -1.19. The molecule has 2 heterocycles. The van der Waals surface area contributed by atoms with Crippen molar-refractivity contribution in [1.29, 1.82) is 0 Å². The highest BCUT2D eigenvalue weighted by atomic mass is 16.7. The number of fused-ring (bicyclic) bond motifs is 1. The van der Waals surface area contributed by atoms with Crippen molar-refractivity contribution in [3.8, 4) is 17.2 Å². The van der Waals surface area contributed by atoms with Gasteiger partial charge in [0.1, 0.15) is 60.0 Å². The van der Waals surface area contributed by atoms with Crippen molar-refractivity contribution >= 4 is 16.6 Å². The molecule has 2 aliphatic rings. The van der Waals surface area contributed by atoms with Crippen LogP contribution in [0.1, 0.15) is 29.8 Å². The van der Waals surface area contributed by atoms with Gasteiger partial charge in [-0.3, -0.25) is 4.79 Å². The number of phenolic OH excluding ortho intramolecular Hbond substituents is 2. The van der Waals surface area contributed by atoms with E-state index in [9.17, 15) is 45.6 Å². The summed E-state index contributed by atoms with van der Waals surface area (Å²) in [6, 6.07) is 4.03. The third-order valence-electron chi connectivity index (χ3n) is 6.91. The van der Waals surface area contributed by atoms with Crippen molar-refractivity contribution in [2.45, 2.75) is 82.2 Å². The molecule has 210 valence electrons. The van der Waals surface area contributed by atoms with Crippen LogP contribution >= 0.6 is 0 Å². The summed E-state index contributed by atoms with van der Waals surface area (Å²) in [7, 11) is 0. The lowest BCUT2D eigenvalue weighted by molar-refractivity contribution is -0.318. The van der Waals surface area contributed by atoms with Crippen LogP contribution in [-0.2, 0) is 14.2 Å². The zero-order valence-electron chi connectivity index (χ0n) is 20.8. The predicted molar refractivity (Wildman–Crippen MR) is 128 cm³/mol. The minimum atomic E-state index is -1.77. The summed E-state index contributed by atoms with van der Waals surface area (Å²) < 4.78 is 22.2. The first-order valence-electron chi connectivity index (χ1n) is 12.0. The first-order chi connectivity index (χ1) is 17.8. The third kappa shape index (κ3) is 5.04. The van der Waals surface area contributed by atoms with Gasteiger partial charge >= 0.3 is 0 Å². The second-order valence-electron chi connectivity index (χ2n) is 9.63. The molecule has 0 radical (unpaired) electrons. The summed E-state index contributed by atoms with van der Waals surface area (Å²) in [4.78, 5) is 12.1. The average Bonchev–Trinajstić information content (AvgIpc) is 2.86. The Kier molecular flexibility index (Phi) is 8.14. The molecule has 4 rings (SSSR count). The van der Waals surface area contributed by atoms with Crippen LogP contribution in [0.5, 0.6) is 17.2 Å². The molecular weight excluding hydrogens is 508 g/mol. The number of aryl methyl sites for hydroxylation is 1. The Hall–Kier alpha value is -2.59.